The summed E-state index contributed by atoms with van der Waals surface area (Å²) < 4.78 is 17.5. The first-order valence-corrected chi connectivity index (χ1v) is 12.1. The third kappa shape index (κ3) is 4.67. The van der Waals surface area contributed by atoms with Gasteiger partial charge in [0.25, 0.3) is 0 Å². The van der Waals surface area contributed by atoms with E-state index in [9.17, 15) is 4.79 Å². The molecule has 0 aliphatic carbocycles. The third-order valence-corrected chi connectivity index (χ3v) is 6.05. The maximum atomic E-state index is 13.3. The lowest BCUT2D eigenvalue weighted by molar-refractivity contribution is 0.132. The Morgan fingerprint density at radius 2 is 1.51 bits per heavy atom. The van der Waals surface area contributed by atoms with Gasteiger partial charge in [0, 0.05) is 0 Å². The predicted octanol–water partition coefficient (Wildman–Crippen LogP) is 6.58. The topological polar surface area (TPSA) is 76.7 Å². The van der Waals surface area contributed by atoms with Gasteiger partial charge in [-0.2, -0.15) is 0 Å². The number of carbonyl (C=O) groups is 1. The summed E-state index contributed by atoms with van der Waals surface area (Å²) in [4.78, 5) is 22.4. The molecule has 5 rings (SSSR count). The minimum absolute atomic E-state index is 0.360. The quantitative estimate of drug-likeness (QED) is 0.298. The SMILES string of the molecule is CCCOc1ccc(C2OC(=O)N(c3ccc4[nH]cnc4c3)C2c2ccc(OCCC)cc2)cc1. The number of amides is 1. The van der Waals surface area contributed by atoms with Crippen LogP contribution >= 0.6 is 0 Å². The van der Waals surface area contributed by atoms with Gasteiger partial charge in [-0.05, 0) is 66.4 Å². The minimum atomic E-state index is -0.486. The number of aromatic amines is 1. The van der Waals surface area contributed by atoms with Crippen LogP contribution in [0.15, 0.2) is 73.1 Å². The number of hydrogen-bond acceptors (Lipinski definition) is 5. The van der Waals surface area contributed by atoms with Gasteiger partial charge in [-0.3, -0.25) is 4.90 Å². The fourth-order valence-electron chi connectivity index (χ4n) is 4.34. The average molecular weight is 472 g/mol. The molecule has 3 aromatic carbocycles. The van der Waals surface area contributed by atoms with E-state index < -0.39 is 12.2 Å². The first-order chi connectivity index (χ1) is 17.2. The Bertz CT molecular complexity index is 1280. The van der Waals surface area contributed by atoms with Crippen LogP contribution in [0, 0.1) is 0 Å². The van der Waals surface area contributed by atoms with Gasteiger partial charge in [0.2, 0.25) is 0 Å². The number of carbonyl (C=O) groups excluding carboxylic acids is 1. The second-order valence-corrected chi connectivity index (χ2v) is 8.56. The van der Waals surface area contributed by atoms with E-state index in [1.165, 1.54) is 0 Å². The maximum absolute atomic E-state index is 13.3. The zero-order valence-electron chi connectivity index (χ0n) is 19.9. The first kappa shape index (κ1) is 22.8. The molecule has 0 saturated carbocycles. The van der Waals surface area contributed by atoms with Crippen LogP contribution in [-0.2, 0) is 4.74 Å². The summed E-state index contributed by atoms with van der Waals surface area (Å²) in [6.07, 6.45) is 2.65. The molecule has 1 aliphatic rings. The molecular formula is C28H29N3O4. The van der Waals surface area contributed by atoms with E-state index in [1.807, 2.05) is 66.7 Å². The van der Waals surface area contributed by atoms with Crippen molar-refractivity contribution in [3.8, 4) is 11.5 Å². The highest BCUT2D eigenvalue weighted by Gasteiger charge is 2.44. The first-order valence-electron chi connectivity index (χ1n) is 12.1. The zero-order chi connectivity index (χ0) is 24.2. The summed E-state index contributed by atoms with van der Waals surface area (Å²) in [5, 5.41) is 0. The van der Waals surface area contributed by atoms with Gasteiger partial charge >= 0.3 is 6.09 Å². The normalized spacial score (nSPS) is 17.5. The molecule has 7 nitrogen and oxygen atoms in total. The van der Waals surface area contributed by atoms with Crippen molar-refractivity contribution < 1.29 is 19.0 Å². The number of cyclic esters (lactones) is 1. The van der Waals surface area contributed by atoms with E-state index in [0.29, 0.717) is 13.2 Å². The van der Waals surface area contributed by atoms with Gasteiger partial charge in [0.15, 0.2) is 6.10 Å². The monoisotopic (exact) mass is 471 g/mol. The highest BCUT2D eigenvalue weighted by atomic mass is 16.6. The molecule has 7 heteroatoms. The molecule has 0 bridgehead atoms. The molecule has 35 heavy (non-hydrogen) atoms. The number of ether oxygens (including phenoxy) is 3. The molecule has 1 aromatic heterocycles. The van der Waals surface area contributed by atoms with Crippen molar-refractivity contribution in [1.29, 1.82) is 0 Å². The highest BCUT2D eigenvalue weighted by molar-refractivity contribution is 5.93. The number of hydrogen-bond donors (Lipinski definition) is 1. The van der Waals surface area contributed by atoms with Crippen molar-refractivity contribution in [1.82, 2.24) is 9.97 Å². The number of aromatic nitrogens is 2. The molecule has 2 atom stereocenters. The summed E-state index contributed by atoms with van der Waals surface area (Å²) in [5.74, 6) is 1.61. The number of fused-ring (bicyclic) bond motifs is 1. The maximum Gasteiger partial charge on any atom is 0.415 e. The lowest BCUT2D eigenvalue weighted by atomic mass is 9.94. The van der Waals surface area contributed by atoms with Gasteiger partial charge < -0.3 is 19.2 Å². The fraction of sp³-hybridized carbons (Fsp3) is 0.286. The van der Waals surface area contributed by atoms with E-state index in [4.69, 9.17) is 14.2 Å². The van der Waals surface area contributed by atoms with Crippen LogP contribution in [0.1, 0.15) is 50.0 Å². The summed E-state index contributed by atoms with van der Waals surface area (Å²) in [6.45, 7) is 5.48. The van der Waals surface area contributed by atoms with E-state index in [0.717, 1.165) is 52.2 Å². The van der Waals surface area contributed by atoms with Crippen LogP contribution in [0.2, 0.25) is 0 Å². The Kier molecular flexibility index (Phi) is 6.57. The van der Waals surface area contributed by atoms with Crippen molar-refractivity contribution >= 4 is 22.8 Å². The van der Waals surface area contributed by atoms with E-state index in [2.05, 4.69) is 23.8 Å². The Morgan fingerprint density at radius 3 is 2.14 bits per heavy atom. The Balaban J connectivity index is 1.52. The van der Waals surface area contributed by atoms with Crippen molar-refractivity contribution in [2.24, 2.45) is 0 Å². The number of nitrogens with one attached hydrogen (secondary N) is 1. The van der Waals surface area contributed by atoms with E-state index >= 15 is 0 Å². The number of anilines is 1. The Hall–Kier alpha value is -4.00. The lowest BCUT2D eigenvalue weighted by Gasteiger charge is -2.25. The van der Waals surface area contributed by atoms with Crippen LogP contribution in [0.5, 0.6) is 11.5 Å². The van der Waals surface area contributed by atoms with Crippen LogP contribution in [-0.4, -0.2) is 29.3 Å². The van der Waals surface area contributed by atoms with Crippen LogP contribution in [0.3, 0.4) is 0 Å². The molecular weight excluding hydrogens is 442 g/mol. The second-order valence-electron chi connectivity index (χ2n) is 8.56. The molecule has 4 aromatic rings. The number of imidazole rings is 1. The molecule has 1 fully saturated rings. The molecule has 1 amide bonds. The zero-order valence-corrected chi connectivity index (χ0v) is 19.9. The van der Waals surface area contributed by atoms with Crippen LogP contribution in [0.25, 0.3) is 11.0 Å². The second kappa shape index (κ2) is 10.1. The van der Waals surface area contributed by atoms with Crippen LogP contribution < -0.4 is 14.4 Å². The molecule has 2 unspecified atom stereocenters. The predicted molar refractivity (Wildman–Crippen MR) is 135 cm³/mol. The number of benzene rings is 3. The molecule has 0 spiro atoms. The van der Waals surface area contributed by atoms with Gasteiger partial charge in [-0.15, -0.1) is 0 Å². The molecule has 2 heterocycles. The number of rotatable bonds is 9. The lowest BCUT2D eigenvalue weighted by Crippen LogP contribution is -2.27. The molecule has 180 valence electrons. The smallest absolute Gasteiger partial charge is 0.415 e. The molecule has 1 aliphatic heterocycles. The largest absolute Gasteiger partial charge is 0.494 e. The summed E-state index contributed by atoms with van der Waals surface area (Å²) in [7, 11) is 0. The summed E-state index contributed by atoms with van der Waals surface area (Å²) in [5.41, 5.74) is 4.30. The minimum Gasteiger partial charge on any atom is -0.494 e. The third-order valence-electron chi connectivity index (χ3n) is 6.05. The van der Waals surface area contributed by atoms with Gasteiger partial charge in [0.1, 0.15) is 17.5 Å². The van der Waals surface area contributed by atoms with Gasteiger partial charge in [-0.1, -0.05) is 38.1 Å². The van der Waals surface area contributed by atoms with Crippen molar-refractivity contribution in [2.45, 2.75) is 38.8 Å². The average Bonchev–Trinajstić information content (AvgIpc) is 3.50. The van der Waals surface area contributed by atoms with Crippen LogP contribution in [0.4, 0.5) is 10.5 Å². The van der Waals surface area contributed by atoms with E-state index in [-0.39, 0.29) is 6.04 Å². The molecule has 1 saturated heterocycles. The van der Waals surface area contributed by atoms with Crippen molar-refractivity contribution in [2.75, 3.05) is 18.1 Å². The number of nitrogens with zero attached hydrogens (tertiary/aromatic N) is 2. The van der Waals surface area contributed by atoms with Crippen molar-refractivity contribution in [3.63, 3.8) is 0 Å². The highest BCUT2D eigenvalue weighted by Crippen LogP contribution is 2.46. The Labute approximate surface area is 204 Å². The molecule has 1 N–H and O–H groups in total. The van der Waals surface area contributed by atoms with Gasteiger partial charge in [0.05, 0.1) is 36.3 Å². The van der Waals surface area contributed by atoms with E-state index in [1.54, 1.807) is 11.2 Å². The molecule has 0 radical (unpaired) electrons. The standard InChI is InChI=1S/C28H29N3O4/c1-3-15-33-22-10-5-19(6-11-22)26-27(20-7-12-23(13-8-20)34-16-4-2)35-28(32)31(26)21-9-14-24-25(17-21)30-18-29-24/h5-14,17-18,26-27H,3-4,15-16H2,1-2H3,(H,29,30). The van der Waals surface area contributed by atoms with Gasteiger partial charge in [-0.25, -0.2) is 9.78 Å². The van der Waals surface area contributed by atoms with Crippen molar-refractivity contribution in [3.05, 3.63) is 84.2 Å². The Morgan fingerprint density at radius 1 is 0.886 bits per heavy atom. The fourth-order valence-corrected chi connectivity index (χ4v) is 4.34. The number of H-pyrrole nitrogens is 1. The summed E-state index contributed by atoms with van der Waals surface area (Å²) >= 11 is 0. The summed E-state index contributed by atoms with van der Waals surface area (Å²) in [6, 6.07) is 21.1.